The van der Waals surface area contributed by atoms with Gasteiger partial charge < -0.3 is 8.63 Å². The predicted octanol–water partition coefficient (Wildman–Crippen LogP) is -0.194. The van der Waals surface area contributed by atoms with Crippen LogP contribution in [0.15, 0.2) is 0 Å². The molecule has 0 radical (unpaired) electrons. The Bertz CT molecular complexity index is 291. The van der Waals surface area contributed by atoms with Gasteiger partial charge in [-0.05, 0) is 0 Å². The maximum Gasteiger partial charge on any atom is 1.00 e. The van der Waals surface area contributed by atoms with Crippen LogP contribution in [-0.2, 0) is 0 Å². The molecule has 0 heterocycles. The average Bonchev–Trinajstić information content (AvgIpc) is 2.01. The number of halogens is 9. The first-order valence-electron chi connectivity index (χ1n) is 3.06. The van der Waals surface area contributed by atoms with Crippen LogP contribution in [0.2, 0.25) is 0 Å². The van der Waals surface area contributed by atoms with Crippen molar-refractivity contribution in [2.24, 2.45) is 0 Å². The van der Waals surface area contributed by atoms with Crippen LogP contribution in [0.25, 0.3) is 0 Å². The normalized spacial score (nSPS) is 14.0. The molecule has 0 atom stereocenters. The predicted molar refractivity (Wildman–Crippen MR) is 29.5 cm³/mol. The van der Waals surface area contributed by atoms with Crippen molar-refractivity contribution in [2.45, 2.75) is 17.9 Å². The molecule has 0 aliphatic heterocycles. The molecule has 0 fully saturated rings. The van der Waals surface area contributed by atoms with E-state index in [4.69, 9.17) is 5.26 Å². The summed E-state index contributed by atoms with van der Waals surface area (Å²) in [5.41, 5.74) is 0. The molecule has 0 saturated heterocycles. The first-order valence-corrected chi connectivity index (χ1v) is 3.06. The fraction of sp³-hybridized carbons (Fsp3) is 0.750. The number of rotatable bonds is 2. The van der Waals surface area contributed by atoms with Gasteiger partial charge in [-0.15, -0.1) is 0 Å². The zero-order valence-electron chi connectivity index (χ0n) is 7.43. The van der Waals surface area contributed by atoms with Gasteiger partial charge in [-0.1, -0.05) is 5.97 Å². The Hall–Kier alpha value is 0.730. The van der Waals surface area contributed by atoms with Crippen LogP contribution in [0.5, 0.6) is 0 Å². The Morgan fingerprint density at radius 2 is 1.19 bits per heavy atom. The zero-order valence-corrected chi connectivity index (χ0v) is 12.3. The van der Waals surface area contributed by atoms with E-state index in [1.807, 2.05) is 0 Å². The second-order valence-corrected chi connectivity index (χ2v) is 2.49. The molecule has 0 N–H and O–H groups in total. The quantitative estimate of drug-likeness (QED) is 0.509. The number of nitriles is 1. The summed E-state index contributed by atoms with van der Waals surface area (Å²) in [6, 6.07) is 0. The first-order chi connectivity index (χ1) is 6.31. The minimum absolute atomic E-state index is 0. The molecule has 0 aromatic carbocycles. The van der Waals surface area contributed by atoms with E-state index >= 15 is 0 Å². The van der Waals surface area contributed by atoms with Crippen LogP contribution in [0.3, 0.4) is 0 Å². The van der Waals surface area contributed by atoms with Crippen molar-refractivity contribution in [3.05, 3.63) is 0 Å². The molecule has 0 aliphatic rings. The van der Waals surface area contributed by atoms with Gasteiger partial charge in [0.05, 0.1) is 0 Å². The first kappa shape index (κ1) is 19.1. The number of alkyl halides is 7. The third kappa shape index (κ3) is 2.94. The molecule has 0 spiro atoms. The van der Waals surface area contributed by atoms with E-state index in [0.717, 1.165) is 0 Å². The third-order valence-corrected chi connectivity index (χ3v) is 1.39. The molecule has 0 bridgehead atoms. The standard InChI is InChI=1S/C4BF9N.Rb/c6-2(7,4(10,11)12)3(8,9)5(13,14)1-15;/q-1;+1. The van der Waals surface area contributed by atoms with Crippen LogP contribution in [0.1, 0.15) is 0 Å². The van der Waals surface area contributed by atoms with Crippen LogP contribution in [-0.4, -0.2) is 24.6 Å². The largest absolute Gasteiger partial charge is 1.00 e. The minimum atomic E-state index is -6.96. The van der Waals surface area contributed by atoms with Gasteiger partial charge in [0.15, 0.2) is 0 Å². The minimum Gasteiger partial charge on any atom is -0.461 e. The summed E-state index contributed by atoms with van der Waals surface area (Å²) in [5.74, 6) is -14.3. The van der Waals surface area contributed by atoms with E-state index in [2.05, 4.69) is 0 Å². The molecule has 0 amide bonds. The summed E-state index contributed by atoms with van der Waals surface area (Å²) in [5, 5.41) is 7.41. The maximum absolute atomic E-state index is 12.1. The molecule has 1 nitrogen and oxygen atoms in total. The van der Waals surface area contributed by atoms with E-state index in [0.29, 0.717) is 0 Å². The Morgan fingerprint density at radius 3 is 1.38 bits per heavy atom. The summed E-state index contributed by atoms with van der Waals surface area (Å²) < 4.78 is 106. The Labute approximate surface area is 132 Å². The van der Waals surface area contributed by atoms with E-state index in [1.165, 1.54) is 0 Å². The van der Waals surface area contributed by atoms with Gasteiger partial charge >= 0.3 is 77.0 Å². The molecule has 0 aliphatic carbocycles. The van der Waals surface area contributed by atoms with E-state index in [9.17, 15) is 39.4 Å². The number of hydrogen-bond acceptors (Lipinski definition) is 1. The van der Waals surface area contributed by atoms with Crippen LogP contribution in [0, 0.1) is 11.2 Å². The van der Waals surface area contributed by atoms with Crippen molar-refractivity contribution in [2.75, 3.05) is 0 Å². The summed E-state index contributed by atoms with van der Waals surface area (Å²) >= 11 is 0. The molecule has 12 heteroatoms. The summed E-state index contributed by atoms with van der Waals surface area (Å²) in [7, 11) is 0. The topological polar surface area (TPSA) is 23.8 Å². The Balaban J connectivity index is 0. The Morgan fingerprint density at radius 1 is 0.875 bits per heavy atom. The van der Waals surface area contributed by atoms with Crippen molar-refractivity contribution in [1.29, 1.82) is 5.26 Å². The monoisotopic (exact) mass is 329 g/mol. The number of nitrogens with zero attached hydrogens (tertiary/aromatic N) is 1. The summed E-state index contributed by atoms with van der Waals surface area (Å²) in [4.78, 5) is 0. The van der Waals surface area contributed by atoms with Gasteiger partial charge in [-0.2, -0.15) is 22.0 Å². The van der Waals surface area contributed by atoms with Crippen molar-refractivity contribution in [3.8, 4) is 5.97 Å². The summed E-state index contributed by atoms with van der Waals surface area (Å²) in [6.07, 6.45) is -6.86. The smallest absolute Gasteiger partial charge is 0.461 e. The number of hydrogen-bond donors (Lipinski definition) is 0. The molecule has 16 heavy (non-hydrogen) atoms. The van der Waals surface area contributed by atoms with E-state index in [1.54, 1.807) is 0 Å². The van der Waals surface area contributed by atoms with Gasteiger partial charge in [0.1, 0.15) is 0 Å². The second kappa shape index (κ2) is 5.16. The Kier molecular flexibility index (Phi) is 6.15. The van der Waals surface area contributed by atoms with Crippen LogP contribution < -0.4 is 58.2 Å². The van der Waals surface area contributed by atoms with Crippen molar-refractivity contribution in [1.82, 2.24) is 0 Å². The molecular formula is C4BF9NRb. The average molecular weight is 329 g/mol. The molecular weight excluding hydrogens is 329 g/mol. The van der Waals surface area contributed by atoms with E-state index in [-0.39, 0.29) is 58.2 Å². The zero-order chi connectivity index (χ0) is 12.7. The molecule has 0 rings (SSSR count). The van der Waals surface area contributed by atoms with Gasteiger partial charge in [0.2, 0.25) is 0 Å². The fourth-order valence-corrected chi connectivity index (χ4v) is 0.498. The maximum atomic E-state index is 12.1. The molecule has 0 aromatic rings. The van der Waals surface area contributed by atoms with Crippen LogP contribution in [0.4, 0.5) is 39.4 Å². The molecule has 0 unspecified atom stereocenters. The van der Waals surface area contributed by atoms with Gasteiger partial charge in [-0.3, -0.25) is 0 Å². The van der Waals surface area contributed by atoms with Gasteiger partial charge in [-0.25, -0.2) is 14.0 Å². The van der Waals surface area contributed by atoms with Crippen molar-refractivity contribution in [3.63, 3.8) is 0 Å². The van der Waals surface area contributed by atoms with Crippen LogP contribution >= 0.6 is 0 Å². The summed E-state index contributed by atoms with van der Waals surface area (Å²) in [6.45, 7) is -6.81. The van der Waals surface area contributed by atoms with Gasteiger partial charge in [0.25, 0.3) is 5.82 Å². The molecule has 88 valence electrons. The second-order valence-electron chi connectivity index (χ2n) is 2.49. The fourth-order valence-electron chi connectivity index (χ4n) is 0.498. The van der Waals surface area contributed by atoms with Crippen molar-refractivity contribution < 1.29 is 97.6 Å². The molecule has 0 aromatic heterocycles. The van der Waals surface area contributed by atoms with E-state index < -0.39 is 30.6 Å². The van der Waals surface area contributed by atoms with Gasteiger partial charge in [0, 0.05) is 0 Å². The third-order valence-electron chi connectivity index (χ3n) is 1.39. The van der Waals surface area contributed by atoms with Crippen molar-refractivity contribution >= 4 is 6.70 Å². The SMILES string of the molecule is N#C[B-](F)(F)C(F)(F)C(F)(F)C(F)(F)F.[Rb+]. The molecule has 0 saturated carbocycles.